The van der Waals surface area contributed by atoms with Crippen LogP contribution in [0.25, 0.3) is 11.1 Å². The number of carbonyl (C=O) groups excluding carboxylic acids is 3. The second kappa shape index (κ2) is 9.73. The Labute approximate surface area is 181 Å². The van der Waals surface area contributed by atoms with Crippen molar-refractivity contribution < 1.29 is 23.5 Å². The molecule has 0 aliphatic heterocycles. The van der Waals surface area contributed by atoms with Crippen molar-refractivity contribution in [3.8, 4) is 11.1 Å². The Bertz CT molecular complexity index is 974. The number of nitrogens with one attached hydrogen (secondary N) is 1. The fourth-order valence-corrected chi connectivity index (χ4v) is 3.92. The third kappa shape index (κ3) is 5.10. The summed E-state index contributed by atoms with van der Waals surface area (Å²) in [6.45, 7) is 1.82. The second-order valence-corrected chi connectivity index (χ2v) is 7.76. The Morgan fingerprint density at radius 3 is 2.39 bits per heavy atom. The molecule has 1 aliphatic rings. The van der Waals surface area contributed by atoms with Crippen molar-refractivity contribution in [3.63, 3.8) is 0 Å². The molecule has 164 valence electrons. The van der Waals surface area contributed by atoms with Crippen LogP contribution in [0, 0.1) is 5.82 Å². The van der Waals surface area contributed by atoms with Crippen LogP contribution < -0.4 is 5.32 Å². The van der Waals surface area contributed by atoms with Crippen molar-refractivity contribution in [2.45, 2.75) is 44.7 Å². The number of benzene rings is 2. The number of ether oxygens (including phenoxy) is 1. The zero-order chi connectivity index (χ0) is 22.5. The summed E-state index contributed by atoms with van der Waals surface area (Å²) < 4.78 is 18.8. The minimum Gasteiger partial charge on any atom is -0.465 e. The maximum absolute atomic E-state index is 14.2. The van der Waals surface area contributed by atoms with Crippen LogP contribution in [0.15, 0.2) is 42.5 Å². The lowest BCUT2D eigenvalue weighted by Gasteiger charge is -2.25. The summed E-state index contributed by atoms with van der Waals surface area (Å²) >= 11 is 0. The number of carbonyl (C=O) groups is 3. The summed E-state index contributed by atoms with van der Waals surface area (Å²) in [5.74, 6) is -1.44. The highest BCUT2D eigenvalue weighted by Gasteiger charge is 2.30. The maximum atomic E-state index is 14.2. The minimum atomic E-state index is -0.726. The first kappa shape index (κ1) is 22.5. The number of hydrogen-bond acceptors (Lipinski definition) is 4. The Morgan fingerprint density at radius 2 is 1.77 bits per heavy atom. The van der Waals surface area contributed by atoms with Gasteiger partial charge in [-0.25, -0.2) is 9.18 Å². The molecule has 0 heterocycles. The molecule has 1 saturated carbocycles. The first-order valence-corrected chi connectivity index (χ1v) is 10.4. The molecule has 2 amide bonds. The van der Waals surface area contributed by atoms with Crippen LogP contribution in [0.3, 0.4) is 0 Å². The fraction of sp³-hybridized carbons (Fsp3) is 0.375. The predicted octanol–water partition coefficient (Wildman–Crippen LogP) is 3.80. The van der Waals surface area contributed by atoms with Gasteiger partial charge in [0.2, 0.25) is 5.91 Å². The topological polar surface area (TPSA) is 75.7 Å². The van der Waals surface area contributed by atoms with Crippen LogP contribution in [-0.4, -0.2) is 48.9 Å². The molecule has 0 radical (unpaired) electrons. The van der Waals surface area contributed by atoms with E-state index in [0.717, 1.165) is 24.8 Å². The summed E-state index contributed by atoms with van der Waals surface area (Å²) in [5.41, 5.74) is 1.75. The first-order chi connectivity index (χ1) is 14.8. The van der Waals surface area contributed by atoms with Gasteiger partial charge in [-0.15, -0.1) is 0 Å². The molecule has 2 aromatic rings. The molecule has 0 saturated heterocycles. The molecular weight excluding hydrogens is 399 g/mol. The van der Waals surface area contributed by atoms with Crippen LogP contribution in [0.1, 0.15) is 53.3 Å². The van der Waals surface area contributed by atoms with Gasteiger partial charge in [0, 0.05) is 31.1 Å². The number of hydrogen-bond donors (Lipinski definition) is 1. The smallest absolute Gasteiger partial charge is 0.340 e. The number of methoxy groups -OCH3 is 1. The average molecular weight is 426 g/mol. The minimum absolute atomic E-state index is 0.0336. The van der Waals surface area contributed by atoms with E-state index in [0.29, 0.717) is 17.5 Å². The molecule has 3 rings (SSSR count). The van der Waals surface area contributed by atoms with E-state index in [-0.39, 0.29) is 29.5 Å². The van der Waals surface area contributed by atoms with Gasteiger partial charge < -0.3 is 15.0 Å². The molecule has 2 atom stereocenters. The van der Waals surface area contributed by atoms with E-state index in [1.807, 2.05) is 6.92 Å². The molecule has 1 fully saturated rings. The summed E-state index contributed by atoms with van der Waals surface area (Å²) in [6, 6.07) is 11.4. The lowest BCUT2D eigenvalue weighted by atomic mass is 10.0. The van der Waals surface area contributed by atoms with Crippen molar-refractivity contribution in [3.05, 3.63) is 59.4 Å². The highest BCUT2D eigenvalue weighted by molar-refractivity contribution is 5.95. The predicted molar refractivity (Wildman–Crippen MR) is 115 cm³/mol. The van der Waals surface area contributed by atoms with Gasteiger partial charge in [0.05, 0.1) is 12.7 Å². The Kier molecular flexibility index (Phi) is 7.05. The van der Waals surface area contributed by atoms with Crippen LogP contribution >= 0.6 is 0 Å². The molecule has 7 heteroatoms. The normalized spacial score (nSPS) is 17.8. The number of amides is 2. The van der Waals surface area contributed by atoms with Gasteiger partial charge in [0.15, 0.2) is 0 Å². The van der Waals surface area contributed by atoms with Crippen LogP contribution in [0.5, 0.6) is 0 Å². The average Bonchev–Trinajstić information content (AvgIpc) is 3.25. The van der Waals surface area contributed by atoms with Crippen LogP contribution in [-0.2, 0) is 9.53 Å². The summed E-state index contributed by atoms with van der Waals surface area (Å²) in [7, 11) is 2.99. The van der Waals surface area contributed by atoms with Crippen molar-refractivity contribution >= 4 is 17.8 Å². The summed E-state index contributed by atoms with van der Waals surface area (Å²) in [4.78, 5) is 37.8. The molecule has 0 bridgehead atoms. The molecule has 0 aromatic heterocycles. The molecule has 0 spiro atoms. The number of nitrogens with zero attached hydrogens (tertiary/aromatic N) is 1. The van der Waals surface area contributed by atoms with Crippen molar-refractivity contribution in [1.29, 1.82) is 0 Å². The van der Waals surface area contributed by atoms with Gasteiger partial charge in [-0.3, -0.25) is 9.59 Å². The summed E-state index contributed by atoms with van der Waals surface area (Å²) in [6.07, 6.45) is 2.91. The number of esters is 1. The molecule has 31 heavy (non-hydrogen) atoms. The zero-order valence-electron chi connectivity index (χ0n) is 18.0. The van der Waals surface area contributed by atoms with Crippen molar-refractivity contribution in [1.82, 2.24) is 10.2 Å². The van der Waals surface area contributed by atoms with Gasteiger partial charge in [-0.2, -0.15) is 0 Å². The van der Waals surface area contributed by atoms with Gasteiger partial charge >= 0.3 is 5.97 Å². The highest BCUT2D eigenvalue weighted by Crippen LogP contribution is 2.26. The molecule has 1 N–H and O–H groups in total. The van der Waals surface area contributed by atoms with Crippen molar-refractivity contribution in [2.75, 3.05) is 14.2 Å². The SMILES string of the molecule is CCC(=O)NC1CCC(N(C)C(=O)c2ccc(-c3ccc(C(=O)OC)c(F)c3)cc2)C1. The van der Waals surface area contributed by atoms with E-state index in [1.54, 1.807) is 42.3 Å². The van der Waals surface area contributed by atoms with Gasteiger partial charge in [-0.1, -0.05) is 25.1 Å². The van der Waals surface area contributed by atoms with E-state index in [4.69, 9.17) is 0 Å². The number of halogens is 1. The third-order valence-electron chi connectivity index (χ3n) is 5.80. The summed E-state index contributed by atoms with van der Waals surface area (Å²) in [5, 5.41) is 3.00. The standard InChI is InChI=1S/C24H27FN2O4/c1-4-22(28)26-18-10-11-19(14-18)27(2)23(29)16-7-5-15(6-8-16)17-9-12-20(21(25)13-17)24(30)31-3/h5-9,12-13,18-19H,4,10-11,14H2,1-3H3,(H,26,28). The van der Waals surface area contributed by atoms with Crippen molar-refractivity contribution in [2.24, 2.45) is 0 Å². The Hall–Kier alpha value is -3.22. The van der Waals surface area contributed by atoms with Gasteiger partial charge in [-0.05, 0) is 54.7 Å². The number of rotatable bonds is 6. The maximum Gasteiger partial charge on any atom is 0.340 e. The van der Waals surface area contributed by atoms with E-state index < -0.39 is 11.8 Å². The highest BCUT2D eigenvalue weighted by atomic mass is 19.1. The van der Waals surface area contributed by atoms with E-state index in [1.165, 1.54) is 19.2 Å². The Morgan fingerprint density at radius 1 is 1.10 bits per heavy atom. The molecule has 1 aliphatic carbocycles. The first-order valence-electron chi connectivity index (χ1n) is 10.4. The molecule has 2 unspecified atom stereocenters. The monoisotopic (exact) mass is 426 g/mol. The lowest BCUT2D eigenvalue weighted by Crippen LogP contribution is -2.38. The van der Waals surface area contributed by atoms with Gasteiger partial charge in [0.25, 0.3) is 5.91 Å². The van der Waals surface area contributed by atoms with E-state index >= 15 is 0 Å². The second-order valence-electron chi connectivity index (χ2n) is 7.76. The fourth-order valence-electron chi connectivity index (χ4n) is 3.92. The third-order valence-corrected chi connectivity index (χ3v) is 5.80. The zero-order valence-corrected chi connectivity index (χ0v) is 18.0. The molecule has 2 aromatic carbocycles. The van der Waals surface area contributed by atoms with Crippen LogP contribution in [0.4, 0.5) is 4.39 Å². The largest absolute Gasteiger partial charge is 0.465 e. The van der Waals surface area contributed by atoms with E-state index in [2.05, 4.69) is 10.1 Å². The quantitative estimate of drug-likeness (QED) is 0.713. The lowest BCUT2D eigenvalue weighted by molar-refractivity contribution is -0.121. The molecule has 6 nitrogen and oxygen atoms in total. The van der Waals surface area contributed by atoms with E-state index in [9.17, 15) is 18.8 Å². The van der Waals surface area contributed by atoms with Crippen LogP contribution in [0.2, 0.25) is 0 Å². The van der Waals surface area contributed by atoms with Gasteiger partial charge in [0.1, 0.15) is 5.82 Å². The Balaban J connectivity index is 1.67. The molecular formula is C24H27FN2O4.